The Balaban J connectivity index is 2.24. The minimum Gasteiger partial charge on any atom is -0.481 e. The van der Waals surface area contributed by atoms with E-state index in [-0.39, 0.29) is 23.8 Å². The lowest BCUT2D eigenvalue weighted by atomic mass is 10.1. The van der Waals surface area contributed by atoms with Gasteiger partial charge in [0.15, 0.2) is 11.9 Å². The molecule has 0 radical (unpaired) electrons. The van der Waals surface area contributed by atoms with Gasteiger partial charge in [0.05, 0.1) is 12.7 Å². The summed E-state index contributed by atoms with van der Waals surface area (Å²) in [5.74, 6) is -3.04. The van der Waals surface area contributed by atoms with Gasteiger partial charge in [-0.05, 0) is 44.5 Å². The van der Waals surface area contributed by atoms with Gasteiger partial charge in [-0.2, -0.15) is 17.9 Å². The van der Waals surface area contributed by atoms with Gasteiger partial charge in [0.1, 0.15) is 29.7 Å². The molecule has 0 saturated heterocycles. The molecule has 0 unspecified atom stereocenters. The molecule has 2 heterocycles. The third-order valence-electron chi connectivity index (χ3n) is 5.33. The number of hydrogen-bond acceptors (Lipinski definition) is 6. The van der Waals surface area contributed by atoms with E-state index < -0.39 is 53.2 Å². The zero-order valence-electron chi connectivity index (χ0n) is 19.7. The van der Waals surface area contributed by atoms with Gasteiger partial charge in [0.2, 0.25) is 5.88 Å². The van der Waals surface area contributed by atoms with Crippen molar-refractivity contribution in [2.24, 2.45) is 0 Å². The van der Waals surface area contributed by atoms with Gasteiger partial charge < -0.3 is 14.6 Å². The Labute approximate surface area is 202 Å². The lowest BCUT2D eigenvalue weighted by Crippen LogP contribution is -2.31. The molecule has 1 aromatic carbocycles. The molecule has 0 fully saturated rings. The monoisotopic (exact) mass is 514 g/mol. The maximum Gasteiger partial charge on any atom is 0.425 e. The minimum absolute atomic E-state index is 0.0431. The summed E-state index contributed by atoms with van der Waals surface area (Å²) in [6.45, 7) is 3.36. The molecule has 36 heavy (non-hydrogen) atoms. The normalized spacial score (nSPS) is 13.1. The number of halogens is 5. The van der Waals surface area contributed by atoms with E-state index in [2.05, 4.69) is 10.1 Å². The van der Waals surface area contributed by atoms with Gasteiger partial charge >= 0.3 is 11.9 Å². The number of hydrogen-bond donors (Lipinski definition) is 1. The van der Waals surface area contributed by atoms with Crippen molar-refractivity contribution in [3.8, 4) is 17.3 Å². The molecule has 0 bridgehead atoms. The molecule has 0 amide bonds. The van der Waals surface area contributed by atoms with Gasteiger partial charge in [0.25, 0.3) is 0 Å². The van der Waals surface area contributed by atoms with Crippen molar-refractivity contribution in [3.63, 3.8) is 0 Å². The van der Waals surface area contributed by atoms with Gasteiger partial charge in [-0.3, -0.25) is 4.57 Å². The van der Waals surface area contributed by atoms with Crippen LogP contribution in [0.4, 0.5) is 22.0 Å². The summed E-state index contributed by atoms with van der Waals surface area (Å²) in [5, 5.41) is 13.3. The van der Waals surface area contributed by atoms with Crippen LogP contribution in [-0.2, 0) is 13.2 Å². The molecule has 0 aliphatic rings. The summed E-state index contributed by atoms with van der Waals surface area (Å²) >= 11 is 0. The number of aliphatic hydroxyl groups excluding tert-OH is 1. The maximum atomic E-state index is 15.4. The Hall–Kier alpha value is -3.74. The van der Waals surface area contributed by atoms with E-state index in [1.54, 1.807) is 19.9 Å². The lowest BCUT2D eigenvalue weighted by molar-refractivity contribution is -0.189. The molecular formula is C23H23F5N4O4. The van der Waals surface area contributed by atoms with Gasteiger partial charge in [-0.1, -0.05) is 0 Å². The number of rotatable bonds is 8. The van der Waals surface area contributed by atoms with Crippen molar-refractivity contribution in [2.75, 3.05) is 7.11 Å². The van der Waals surface area contributed by atoms with Gasteiger partial charge in [-0.15, -0.1) is 5.10 Å². The Morgan fingerprint density at radius 2 is 2.00 bits per heavy atom. The number of benzene rings is 1. The SMILES string of the molecule is CCn1c(CO)nn(-c2cc(O[C@@H](C)C(F)(F)F)c(/C(F)=C/c3c(C)ccnc3OC)cc2F)c1=O. The van der Waals surface area contributed by atoms with Crippen LogP contribution in [0.2, 0.25) is 0 Å². The van der Waals surface area contributed by atoms with Gasteiger partial charge in [0, 0.05) is 24.4 Å². The standard InChI is InChI=1S/C23H23F5N4O4/c1-5-31-20(11-33)30-32(22(31)34)18-10-19(36-13(3)23(26,27)28)15(9-17(18)25)16(24)8-14-12(2)6-7-29-21(14)35-4/h6-10,13,33H,5,11H2,1-4H3/b16-8-/t13-/m0/s1. The zero-order chi connectivity index (χ0) is 26.8. The smallest absolute Gasteiger partial charge is 0.425 e. The number of nitrogens with zero attached hydrogens (tertiary/aromatic N) is 4. The number of ether oxygens (including phenoxy) is 2. The first-order valence-corrected chi connectivity index (χ1v) is 10.7. The molecule has 0 aliphatic carbocycles. The molecule has 8 nitrogen and oxygen atoms in total. The third kappa shape index (κ3) is 5.25. The summed E-state index contributed by atoms with van der Waals surface area (Å²) in [5.41, 5.74) is -1.36. The van der Waals surface area contributed by atoms with Crippen LogP contribution in [0.3, 0.4) is 0 Å². The summed E-state index contributed by atoms with van der Waals surface area (Å²) < 4.78 is 82.0. The van der Waals surface area contributed by atoms with Crippen molar-refractivity contribution in [3.05, 3.63) is 63.2 Å². The van der Waals surface area contributed by atoms with Crippen LogP contribution in [-0.4, -0.2) is 43.8 Å². The lowest BCUT2D eigenvalue weighted by Gasteiger charge is -2.20. The maximum absolute atomic E-state index is 15.4. The molecule has 13 heteroatoms. The first-order valence-electron chi connectivity index (χ1n) is 10.7. The molecule has 194 valence electrons. The number of aryl methyl sites for hydroxylation is 1. The summed E-state index contributed by atoms with van der Waals surface area (Å²) in [4.78, 5) is 16.6. The largest absolute Gasteiger partial charge is 0.481 e. The van der Waals surface area contributed by atoms with Crippen LogP contribution in [0.5, 0.6) is 11.6 Å². The van der Waals surface area contributed by atoms with Crippen molar-refractivity contribution in [1.29, 1.82) is 0 Å². The van der Waals surface area contributed by atoms with Crippen LogP contribution in [0.1, 0.15) is 36.4 Å². The van der Waals surface area contributed by atoms with E-state index in [9.17, 15) is 23.1 Å². The second-order valence-electron chi connectivity index (χ2n) is 7.66. The first-order chi connectivity index (χ1) is 16.9. The quantitative estimate of drug-likeness (QED) is 0.454. The van der Waals surface area contributed by atoms with E-state index in [0.29, 0.717) is 23.2 Å². The molecule has 0 saturated carbocycles. The fraction of sp³-hybridized carbons (Fsp3) is 0.348. The van der Waals surface area contributed by atoms with Crippen LogP contribution < -0.4 is 15.2 Å². The van der Waals surface area contributed by atoms with E-state index in [4.69, 9.17) is 9.47 Å². The van der Waals surface area contributed by atoms with Crippen molar-refractivity contribution < 1.29 is 36.5 Å². The number of alkyl halides is 3. The van der Waals surface area contributed by atoms with E-state index >= 15 is 8.78 Å². The number of pyridine rings is 1. The summed E-state index contributed by atoms with van der Waals surface area (Å²) in [7, 11) is 1.30. The molecule has 3 aromatic rings. The Morgan fingerprint density at radius 3 is 2.56 bits per heavy atom. The van der Waals surface area contributed by atoms with Crippen molar-refractivity contribution in [2.45, 2.75) is 46.2 Å². The Kier molecular flexibility index (Phi) is 7.82. The van der Waals surface area contributed by atoms with Crippen molar-refractivity contribution in [1.82, 2.24) is 19.3 Å². The first kappa shape index (κ1) is 26.9. The van der Waals surface area contributed by atoms with Crippen LogP contribution in [0, 0.1) is 12.7 Å². The molecule has 1 atom stereocenters. The molecule has 2 aromatic heterocycles. The highest BCUT2D eigenvalue weighted by Crippen LogP contribution is 2.36. The molecule has 0 spiro atoms. The molecule has 0 aliphatic heterocycles. The second kappa shape index (κ2) is 10.5. The van der Waals surface area contributed by atoms with E-state index in [1.807, 2.05) is 0 Å². The molecular weight excluding hydrogens is 491 g/mol. The Morgan fingerprint density at radius 1 is 1.31 bits per heavy atom. The zero-order valence-corrected chi connectivity index (χ0v) is 19.7. The highest BCUT2D eigenvalue weighted by molar-refractivity contribution is 5.82. The van der Waals surface area contributed by atoms with E-state index in [1.165, 1.54) is 13.3 Å². The van der Waals surface area contributed by atoms with Crippen LogP contribution in [0.25, 0.3) is 17.6 Å². The number of methoxy groups -OCH3 is 1. The second-order valence-corrected chi connectivity index (χ2v) is 7.66. The molecule has 3 rings (SSSR count). The highest BCUT2D eigenvalue weighted by atomic mass is 19.4. The predicted octanol–water partition coefficient (Wildman–Crippen LogP) is 4.19. The number of aliphatic hydroxyl groups is 1. The average Bonchev–Trinajstić information content (AvgIpc) is 3.15. The third-order valence-corrected chi connectivity index (χ3v) is 5.33. The average molecular weight is 514 g/mol. The summed E-state index contributed by atoms with van der Waals surface area (Å²) in [6, 6.07) is 2.92. The van der Waals surface area contributed by atoms with E-state index in [0.717, 1.165) is 16.7 Å². The molecule has 1 N–H and O–H groups in total. The fourth-order valence-electron chi connectivity index (χ4n) is 3.36. The van der Waals surface area contributed by atoms with Gasteiger partial charge in [-0.25, -0.2) is 18.6 Å². The Bertz CT molecular complexity index is 1350. The fourth-order valence-corrected chi connectivity index (χ4v) is 3.36. The predicted molar refractivity (Wildman–Crippen MR) is 120 cm³/mol. The topological polar surface area (TPSA) is 91.4 Å². The van der Waals surface area contributed by atoms with Crippen molar-refractivity contribution >= 4 is 11.9 Å². The van der Waals surface area contributed by atoms with Crippen LogP contribution in [0.15, 0.2) is 29.2 Å². The number of aromatic nitrogens is 4. The van der Waals surface area contributed by atoms with Crippen LogP contribution >= 0.6 is 0 Å². The summed E-state index contributed by atoms with van der Waals surface area (Å²) in [6.07, 6.45) is -4.86. The minimum atomic E-state index is -4.82. The highest BCUT2D eigenvalue weighted by Gasteiger charge is 2.39.